The highest BCUT2D eigenvalue weighted by Crippen LogP contribution is 2.24. The predicted octanol–water partition coefficient (Wildman–Crippen LogP) is 0.701. The number of fused-ring (bicyclic) bond motifs is 1. The summed E-state index contributed by atoms with van der Waals surface area (Å²) in [5.74, 6) is -0.325. The molecule has 1 aromatic carbocycles. The number of H-pyrrole nitrogens is 1. The Labute approximate surface area is 107 Å². The van der Waals surface area contributed by atoms with E-state index in [1.807, 2.05) is 0 Å². The lowest BCUT2D eigenvalue weighted by atomic mass is 10.1. The third-order valence-corrected chi connectivity index (χ3v) is 2.75. The van der Waals surface area contributed by atoms with Gasteiger partial charge < -0.3 is 16.5 Å². The Bertz CT molecular complexity index is 761. The molecule has 0 bridgehead atoms. The molecule has 0 fully saturated rings. The summed E-state index contributed by atoms with van der Waals surface area (Å²) in [6, 6.07) is 6.78. The van der Waals surface area contributed by atoms with E-state index in [-0.39, 0.29) is 5.95 Å². The number of nitrogens with zero attached hydrogens (tertiary/aromatic N) is 3. The molecular weight excluding hydrogens is 244 g/mol. The van der Waals surface area contributed by atoms with Gasteiger partial charge in [-0.1, -0.05) is 12.1 Å². The molecule has 7 heteroatoms. The standard InChI is InChI=1S/C12H10N6O/c13-10(19)7-3-1-6(2-4-7)8-9-11(16-5-15-9)18-12(14)17-8/h1-5H,(H2,13,19)(H3,14,15,16,17,18). The molecule has 0 saturated heterocycles. The topological polar surface area (TPSA) is 124 Å². The van der Waals surface area contributed by atoms with Crippen molar-refractivity contribution in [1.29, 1.82) is 0 Å². The summed E-state index contributed by atoms with van der Waals surface area (Å²) in [5.41, 5.74) is 13.9. The molecule has 3 aromatic rings. The molecule has 2 heterocycles. The summed E-state index contributed by atoms with van der Waals surface area (Å²) in [7, 11) is 0. The second-order valence-electron chi connectivity index (χ2n) is 3.97. The number of nitrogens with one attached hydrogen (secondary N) is 1. The summed E-state index contributed by atoms with van der Waals surface area (Å²) < 4.78 is 0. The molecule has 7 nitrogen and oxygen atoms in total. The van der Waals surface area contributed by atoms with E-state index in [1.54, 1.807) is 24.3 Å². The number of aromatic nitrogens is 4. The highest BCUT2D eigenvalue weighted by Gasteiger charge is 2.11. The Morgan fingerprint density at radius 3 is 2.58 bits per heavy atom. The van der Waals surface area contributed by atoms with Crippen LogP contribution in [0.2, 0.25) is 0 Å². The summed E-state index contributed by atoms with van der Waals surface area (Å²) in [4.78, 5) is 26.3. The maximum absolute atomic E-state index is 11.0. The number of imidazole rings is 1. The number of amides is 1. The maximum atomic E-state index is 11.0. The Kier molecular flexibility index (Phi) is 2.38. The molecule has 0 radical (unpaired) electrons. The number of rotatable bonds is 2. The first-order valence-electron chi connectivity index (χ1n) is 5.52. The highest BCUT2D eigenvalue weighted by atomic mass is 16.1. The SMILES string of the molecule is NC(=O)c1ccc(-c2nc(N)nc3nc[nH]c23)cc1. The van der Waals surface area contributed by atoms with E-state index in [4.69, 9.17) is 11.5 Å². The van der Waals surface area contributed by atoms with Crippen LogP contribution < -0.4 is 11.5 Å². The predicted molar refractivity (Wildman–Crippen MR) is 70.0 cm³/mol. The van der Waals surface area contributed by atoms with Crippen molar-refractivity contribution < 1.29 is 4.79 Å². The minimum Gasteiger partial charge on any atom is -0.368 e. The zero-order valence-electron chi connectivity index (χ0n) is 9.79. The van der Waals surface area contributed by atoms with E-state index in [0.29, 0.717) is 22.4 Å². The van der Waals surface area contributed by atoms with Gasteiger partial charge in [0, 0.05) is 11.1 Å². The number of benzene rings is 1. The van der Waals surface area contributed by atoms with Crippen LogP contribution in [0, 0.1) is 0 Å². The molecule has 0 spiro atoms. The Hall–Kier alpha value is -2.96. The lowest BCUT2D eigenvalue weighted by molar-refractivity contribution is 0.100. The van der Waals surface area contributed by atoms with Crippen molar-refractivity contribution >= 4 is 23.0 Å². The molecule has 94 valence electrons. The third kappa shape index (κ3) is 1.86. The molecule has 5 N–H and O–H groups in total. The number of carbonyl (C=O) groups excluding carboxylic acids is 1. The van der Waals surface area contributed by atoms with E-state index in [2.05, 4.69) is 19.9 Å². The van der Waals surface area contributed by atoms with Crippen LogP contribution in [0.15, 0.2) is 30.6 Å². The van der Waals surface area contributed by atoms with Crippen molar-refractivity contribution in [3.63, 3.8) is 0 Å². The second-order valence-corrected chi connectivity index (χ2v) is 3.97. The molecule has 0 saturated carbocycles. The van der Waals surface area contributed by atoms with Crippen molar-refractivity contribution in [3.05, 3.63) is 36.2 Å². The van der Waals surface area contributed by atoms with Crippen molar-refractivity contribution in [1.82, 2.24) is 19.9 Å². The smallest absolute Gasteiger partial charge is 0.248 e. The molecule has 0 aliphatic rings. The number of hydrogen-bond acceptors (Lipinski definition) is 5. The van der Waals surface area contributed by atoms with Gasteiger partial charge in [-0.15, -0.1) is 0 Å². The van der Waals surface area contributed by atoms with Crippen LogP contribution >= 0.6 is 0 Å². The molecular formula is C12H10N6O. The largest absolute Gasteiger partial charge is 0.368 e. The van der Waals surface area contributed by atoms with E-state index >= 15 is 0 Å². The van der Waals surface area contributed by atoms with Gasteiger partial charge in [-0.2, -0.15) is 4.98 Å². The van der Waals surface area contributed by atoms with Crippen LogP contribution in [0.3, 0.4) is 0 Å². The van der Waals surface area contributed by atoms with Crippen molar-refractivity contribution in [2.24, 2.45) is 5.73 Å². The van der Waals surface area contributed by atoms with Gasteiger partial charge in [-0.3, -0.25) is 4.79 Å². The zero-order valence-corrected chi connectivity index (χ0v) is 9.79. The number of aromatic amines is 1. The van der Waals surface area contributed by atoms with Crippen molar-refractivity contribution in [3.8, 4) is 11.3 Å². The van der Waals surface area contributed by atoms with E-state index < -0.39 is 5.91 Å². The van der Waals surface area contributed by atoms with Crippen LogP contribution in [0.1, 0.15) is 10.4 Å². The van der Waals surface area contributed by atoms with Crippen LogP contribution in [0.5, 0.6) is 0 Å². The van der Waals surface area contributed by atoms with Crippen LogP contribution in [0.25, 0.3) is 22.4 Å². The number of hydrogen-bond donors (Lipinski definition) is 3. The molecule has 0 atom stereocenters. The second kappa shape index (κ2) is 4.05. The Balaban J connectivity index is 2.18. The Morgan fingerprint density at radius 2 is 1.89 bits per heavy atom. The number of primary amides is 1. The van der Waals surface area contributed by atoms with Crippen molar-refractivity contribution in [2.75, 3.05) is 5.73 Å². The van der Waals surface area contributed by atoms with Crippen LogP contribution in [-0.2, 0) is 0 Å². The first kappa shape index (κ1) is 11.1. The number of carbonyl (C=O) groups is 1. The first-order chi connectivity index (χ1) is 9.15. The van der Waals surface area contributed by atoms with Gasteiger partial charge in [0.15, 0.2) is 5.65 Å². The Morgan fingerprint density at radius 1 is 1.16 bits per heavy atom. The van der Waals surface area contributed by atoms with Gasteiger partial charge in [0.1, 0.15) is 11.2 Å². The van der Waals surface area contributed by atoms with E-state index in [9.17, 15) is 4.79 Å². The average Bonchev–Trinajstić information content (AvgIpc) is 2.85. The minimum atomic E-state index is -0.472. The zero-order chi connectivity index (χ0) is 13.4. The summed E-state index contributed by atoms with van der Waals surface area (Å²) in [6.07, 6.45) is 1.53. The van der Waals surface area contributed by atoms with Gasteiger partial charge in [0.25, 0.3) is 0 Å². The third-order valence-electron chi connectivity index (χ3n) is 2.75. The van der Waals surface area contributed by atoms with Crippen LogP contribution in [-0.4, -0.2) is 25.8 Å². The first-order valence-corrected chi connectivity index (χ1v) is 5.52. The fraction of sp³-hybridized carbons (Fsp3) is 0. The minimum absolute atomic E-state index is 0.147. The fourth-order valence-corrected chi connectivity index (χ4v) is 1.85. The normalized spacial score (nSPS) is 10.7. The number of anilines is 1. The number of nitrogens with two attached hydrogens (primary N) is 2. The van der Waals surface area contributed by atoms with Crippen LogP contribution in [0.4, 0.5) is 5.95 Å². The lowest BCUT2D eigenvalue weighted by Gasteiger charge is -2.04. The van der Waals surface area contributed by atoms with Gasteiger partial charge in [-0.05, 0) is 12.1 Å². The van der Waals surface area contributed by atoms with Gasteiger partial charge in [0.05, 0.1) is 6.33 Å². The average molecular weight is 254 g/mol. The van der Waals surface area contributed by atoms with E-state index in [0.717, 1.165) is 5.56 Å². The van der Waals surface area contributed by atoms with Gasteiger partial charge >= 0.3 is 0 Å². The monoisotopic (exact) mass is 254 g/mol. The molecule has 0 aliphatic carbocycles. The van der Waals surface area contributed by atoms with Crippen molar-refractivity contribution in [2.45, 2.75) is 0 Å². The fourth-order valence-electron chi connectivity index (χ4n) is 1.85. The highest BCUT2D eigenvalue weighted by molar-refractivity contribution is 5.94. The van der Waals surface area contributed by atoms with Gasteiger partial charge in [-0.25, -0.2) is 9.97 Å². The molecule has 19 heavy (non-hydrogen) atoms. The number of nitrogen functional groups attached to an aromatic ring is 1. The summed E-state index contributed by atoms with van der Waals surface area (Å²) in [5, 5.41) is 0. The molecule has 1 amide bonds. The summed E-state index contributed by atoms with van der Waals surface area (Å²) in [6.45, 7) is 0. The van der Waals surface area contributed by atoms with E-state index in [1.165, 1.54) is 6.33 Å². The molecule has 2 aromatic heterocycles. The lowest BCUT2D eigenvalue weighted by Crippen LogP contribution is -2.10. The molecule has 0 aliphatic heterocycles. The quantitative estimate of drug-likeness (QED) is 0.621. The molecule has 3 rings (SSSR count). The van der Waals surface area contributed by atoms with Gasteiger partial charge in [0.2, 0.25) is 11.9 Å². The summed E-state index contributed by atoms with van der Waals surface area (Å²) >= 11 is 0. The maximum Gasteiger partial charge on any atom is 0.248 e. The molecule has 0 unspecified atom stereocenters.